The van der Waals surface area contributed by atoms with E-state index in [2.05, 4.69) is 35.7 Å². The Morgan fingerprint density at radius 3 is 2.50 bits per heavy atom. The quantitative estimate of drug-likeness (QED) is 0.775. The van der Waals surface area contributed by atoms with Crippen LogP contribution in [0.1, 0.15) is 37.7 Å². The lowest BCUT2D eigenvalue weighted by Gasteiger charge is -2.39. The Morgan fingerprint density at radius 1 is 0.864 bits per heavy atom. The first kappa shape index (κ1) is 13.4. The molecule has 1 aliphatic carbocycles. The summed E-state index contributed by atoms with van der Waals surface area (Å²) in [6.45, 7) is 0. The minimum atomic E-state index is 0.188. The normalized spacial score (nSPS) is 18.5. The van der Waals surface area contributed by atoms with E-state index in [1.54, 1.807) is 0 Å². The predicted octanol–water partition coefficient (Wildman–Crippen LogP) is 5.62. The fraction of sp³-hybridized carbons (Fsp3) is 0.300. The summed E-state index contributed by atoms with van der Waals surface area (Å²) in [5.41, 5.74) is 2.63. The number of nitrogens with one attached hydrogen (secondary N) is 1. The van der Waals surface area contributed by atoms with Crippen LogP contribution in [0.2, 0.25) is 0 Å². The highest BCUT2D eigenvalue weighted by Gasteiger charge is 2.31. The smallest absolute Gasteiger partial charge is 0.128 e. The van der Waals surface area contributed by atoms with Crippen molar-refractivity contribution in [2.75, 3.05) is 5.32 Å². The van der Waals surface area contributed by atoms with E-state index in [-0.39, 0.29) is 5.54 Å². The van der Waals surface area contributed by atoms with Gasteiger partial charge in [0.05, 0.1) is 5.54 Å². The first-order valence-corrected chi connectivity index (χ1v) is 8.17. The summed E-state index contributed by atoms with van der Waals surface area (Å²) in [6.07, 6.45) is 11.1. The van der Waals surface area contributed by atoms with Gasteiger partial charge in [0.25, 0.3) is 0 Å². The average molecular weight is 291 g/mol. The monoisotopic (exact) mass is 291 g/mol. The van der Waals surface area contributed by atoms with Gasteiger partial charge in [0.1, 0.15) is 11.5 Å². The number of ether oxygens (including phenoxy) is 1. The molecule has 112 valence electrons. The van der Waals surface area contributed by atoms with Gasteiger partial charge in [-0.05, 0) is 43.2 Å². The maximum atomic E-state index is 5.92. The number of hydrogen-bond donors (Lipinski definition) is 1. The first-order valence-electron chi connectivity index (χ1n) is 8.17. The van der Waals surface area contributed by atoms with Gasteiger partial charge in [0, 0.05) is 11.3 Å². The van der Waals surface area contributed by atoms with Gasteiger partial charge in [-0.25, -0.2) is 0 Å². The highest BCUT2D eigenvalue weighted by Crippen LogP contribution is 2.39. The summed E-state index contributed by atoms with van der Waals surface area (Å²) < 4.78 is 5.92. The zero-order valence-electron chi connectivity index (χ0n) is 12.7. The zero-order chi connectivity index (χ0) is 14.8. The lowest BCUT2D eigenvalue weighted by Crippen LogP contribution is -2.39. The summed E-state index contributed by atoms with van der Waals surface area (Å²) in [6, 6.07) is 16.2. The molecular formula is C20H21NO. The van der Waals surface area contributed by atoms with Gasteiger partial charge in [0.2, 0.25) is 0 Å². The molecule has 22 heavy (non-hydrogen) atoms. The highest BCUT2D eigenvalue weighted by molar-refractivity contribution is 5.73. The van der Waals surface area contributed by atoms with E-state index < -0.39 is 0 Å². The molecule has 4 rings (SSSR count). The Morgan fingerprint density at radius 2 is 1.68 bits per heavy atom. The molecule has 2 nitrogen and oxygen atoms in total. The van der Waals surface area contributed by atoms with E-state index >= 15 is 0 Å². The van der Waals surface area contributed by atoms with E-state index in [1.807, 2.05) is 30.3 Å². The van der Waals surface area contributed by atoms with Crippen LogP contribution in [0, 0.1) is 0 Å². The second kappa shape index (κ2) is 5.53. The summed E-state index contributed by atoms with van der Waals surface area (Å²) in [5.74, 6) is 1.76. The van der Waals surface area contributed by atoms with E-state index in [0.717, 1.165) is 11.5 Å². The molecule has 0 saturated heterocycles. The van der Waals surface area contributed by atoms with Gasteiger partial charge >= 0.3 is 0 Å². The predicted molar refractivity (Wildman–Crippen MR) is 91.4 cm³/mol. The van der Waals surface area contributed by atoms with Crippen LogP contribution < -0.4 is 10.1 Å². The minimum Gasteiger partial charge on any atom is -0.457 e. The van der Waals surface area contributed by atoms with Crippen molar-refractivity contribution >= 4 is 11.8 Å². The second-order valence-corrected chi connectivity index (χ2v) is 6.34. The molecule has 0 unspecified atom stereocenters. The first-order chi connectivity index (χ1) is 10.8. The fourth-order valence-corrected chi connectivity index (χ4v) is 3.51. The number of fused-ring (bicyclic) bond motifs is 1. The standard InChI is InChI=1S/C20H21NO/c1-3-7-17(8-4-1)22-18-9-10-19-16(15-18)11-14-20(21-19)12-5-2-6-13-20/h1,3-4,7-11,14-15,21H,2,5-6,12-13H2. The van der Waals surface area contributed by atoms with Crippen LogP contribution in [0.4, 0.5) is 5.69 Å². The molecule has 0 bridgehead atoms. The SMILES string of the molecule is C1=CC2(CCCCC2)Nc2ccc(Oc3ccccc3)cc21. The van der Waals surface area contributed by atoms with Gasteiger partial charge in [-0.1, -0.05) is 49.6 Å². The number of hydrogen-bond acceptors (Lipinski definition) is 2. The molecule has 2 aromatic carbocycles. The third-order valence-electron chi connectivity index (χ3n) is 4.71. The maximum Gasteiger partial charge on any atom is 0.128 e. The average Bonchev–Trinajstić information content (AvgIpc) is 2.57. The number of anilines is 1. The lowest BCUT2D eigenvalue weighted by molar-refractivity contribution is 0.384. The van der Waals surface area contributed by atoms with Crippen molar-refractivity contribution in [3.8, 4) is 11.5 Å². The molecule has 0 atom stereocenters. The highest BCUT2D eigenvalue weighted by atomic mass is 16.5. The Labute approximate surface area is 131 Å². The summed E-state index contributed by atoms with van der Waals surface area (Å²) >= 11 is 0. The molecule has 1 spiro atoms. The van der Waals surface area contributed by atoms with Crippen molar-refractivity contribution in [2.45, 2.75) is 37.6 Å². The molecule has 1 N–H and O–H groups in total. The van der Waals surface area contributed by atoms with Crippen LogP contribution in [0.25, 0.3) is 6.08 Å². The van der Waals surface area contributed by atoms with Crippen LogP contribution in [0.3, 0.4) is 0 Å². The fourth-order valence-electron chi connectivity index (χ4n) is 3.51. The van der Waals surface area contributed by atoms with E-state index in [9.17, 15) is 0 Å². The van der Waals surface area contributed by atoms with Crippen LogP contribution in [0.5, 0.6) is 11.5 Å². The van der Waals surface area contributed by atoms with Gasteiger partial charge in [-0.3, -0.25) is 0 Å². The Kier molecular flexibility index (Phi) is 3.38. The van der Waals surface area contributed by atoms with Gasteiger partial charge in [-0.15, -0.1) is 0 Å². The molecule has 2 heteroatoms. The molecule has 0 aromatic heterocycles. The molecule has 1 fully saturated rings. The van der Waals surface area contributed by atoms with Gasteiger partial charge < -0.3 is 10.1 Å². The van der Waals surface area contributed by atoms with Crippen molar-refractivity contribution < 1.29 is 4.74 Å². The number of rotatable bonds is 2. The zero-order valence-corrected chi connectivity index (χ0v) is 12.7. The third kappa shape index (κ3) is 2.61. The van der Waals surface area contributed by atoms with Crippen LogP contribution in [-0.2, 0) is 0 Å². The lowest BCUT2D eigenvalue weighted by atomic mass is 9.79. The third-order valence-corrected chi connectivity index (χ3v) is 4.71. The summed E-state index contributed by atoms with van der Waals surface area (Å²) in [4.78, 5) is 0. The van der Waals surface area contributed by atoms with E-state index in [1.165, 1.54) is 43.4 Å². The molecular weight excluding hydrogens is 270 g/mol. The molecule has 1 heterocycles. The molecule has 0 radical (unpaired) electrons. The second-order valence-electron chi connectivity index (χ2n) is 6.34. The van der Waals surface area contributed by atoms with Crippen molar-refractivity contribution in [3.05, 3.63) is 60.2 Å². The number of para-hydroxylation sites is 1. The Bertz CT molecular complexity index is 684. The Hall–Kier alpha value is -2.22. The van der Waals surface area contributed by atoms with Crippen molar-refractivity contribution in [3.63, 3.8) is 0 Å². The maximum absolute atomic E-state index is 5.92. The van der Waals surface area contributed by atoms with Crippen molar-refractivity contribution in [1.82, 2.24) is 0 Å². The van der Waals surface area contributed by atoms with Crippen LogP contribution in [-0.4, -0.2) is 5.54 Å². The van der Waals surface area contributed by atoms with Gasteiger partial charge in [-0.2, -0.15) is 0 Å². The topological polar surface area (TPSA) is 21.3 Å². The molecule has 1 saturated carbocycles. The summed E-state index contributed by atoms with van der Waals surface area (Å²) in [5, 5.41) is 3.76. The van der Waals surface area contributed by atoms with Crippen molar-refractivity contribution in [2.24, 2.45) is 0 Å². The molecule has 2 aromatic rings. The van der Waals surface area contributed by atoms with Crippen LogP contribution in [0.15, 0.2) is 54.6 Å². The largest absolute Gasteiger partial charge is 0.457 e. The van der Waals surface area contributed by atoms with Crippen molar-refractivity contribution in [1.29, 1.82) is 0 Å². The Balaban J connectivity index is 1.57. The minimum absolute atomic E-state index is 0.188. The number of benzene rings is 2. The van der Waals surface area contributed by atoms with E-state index in [0.29, 0.717) is 0 Å². The molecule has 1 aliphatic heterocycles. The van der Waals surface area contributed by atoms with E-state index in [4.69, 9.17) is 4.74 Å². The van der Waals surface area contributed by atoms with Gasteiger partial charge in [0.15, 0.2) is 0 Å². The summed E-state index contributed by atoms with van der Waals surface area (Å²) in [7, 11) is 0. The molecule has 0 amide bonds. The van der Waals surface area contributed by atoms with Crippen LogP contribution >= 0.6 is 0 Å². The molecule has 2 aliphatic rings.